The molecule has 2 aromatic carbocycles. The van der Waals surface area contributed by atoms with Crippen LogP contribution < -0.4 is 5.32 Å². The second kappa shape index (κ2) is 8.39. The zero-order valence-electron chi connectivity index (χ0n) is 16.2. The standard InChI is InChI=1S/C22H19BrFN3O3/c1-13(21(28)25-18-11-10-14(23)12-17(18)24)30-22(29)20-16-8-5-9-19(16)27(26-20)15-6-3-2-4-7-15/h2-4,6-7,10-13H,5,8-9H2,1H3,(H,25,28). The van der Waals surface area contributed by atoms with Crippen molar-refractivity contribution in [2.24, 2.45) is 0 Å². The highest BCUT2D eigenvalue weighted by Crippen LogP contribution is 2.28. The first-order chi connectivity index (χ1) is 14.4. The molecule has 0 saturated carbocycles. The molecule has 3 aromatic rings. The predicted octanol–water partition coefficient (Wildman–Crippen LogP) is 4.45. The highest BCUT2D eigenvalue weighted by atomic mass is 79.9. The Morgan fingerprint density at radius 3 is 2.70 bits per heavy atom. The van der Waals surface area contributed by atoms with Crippen molar-refractivity contribution in [3.05, 3.63) is 75.8 Å². The van der Waals surface area contributed by atoms with Crippen LogP contribution in [0.2, 0.25) is 0 Å². The van der Waals surface area contributed by atoms with Gasteiger partial charge in [0.2, 0.25) is 0 Å². The van der Waals surface area contributed by atoms with E-state index in [0.29, 0.717) is 4.47 Å². The maximum absolute atomic E-state index is 14.0. The van der Waals surface area contributed by atoms with Crippen LogP contribution in [0.15, 0.2) is 53.0 Å². The highest BCUT2D eigenvalue weighted by molar-refractivity contribution is 9.10. The molecule has 6 nitrogen and oxygen atoms in total. The van der Waals surface area contributed by atoms with E-state index in [1.54, 1.807) is 10.7 Å². The van der Waals surface area contributed by atoms with Gasteiger partial charge < -0.3 is 10.1 Å². The lowest BCUT2D eigenvalue weighted by atomic mass is 10.2. The molecule has 4 rings (SSSR count). The third-order valence-corrected chi connectivity index (χ3v) is 5.46. The minimum Gasteiger partial charge on any atom is -0.448 e. The summed E-state index contributed by atoms with van der Waals surface area (Å²) < 4.78 is 21.6. The SMILES string of the molecule is CC(OC(=O)c1nn(-c2ccccc2)c2c1CCC2)C(=O)Nc1ccc(Br)cc1F. The Morgan fingerprint density at radius 2 is 1.97 bits per heavy atom. The smallest absolute Gasteiger partial charge is 0.359 e. The summed E-state index contributed by atoms with van der Waals surface area (Å²) in [5, 5.41) is 6.91. The molecule has 1 atom stereocenters. The van der Waals surface area contributed by atoms with Gasteiger partial charge >= 0.3 is 5.97 Å². The van der Waals surface area contributed by atoms with Crippen molar-refractivity contribution in [1.82, 2.24) is 9.78 Å². The molecule has 30 heavy (non-hydrogen) atoms. The number of carbonyl (C=O) groups is 2. The zero-order chi connectivity index (χ0) is 21.3. The summed E-state index contributed by atoms with van der Waals surface area (Å²) in [7, 11) is 0. The maximum atomic E-state index is 14.0. The molecule has 8 heteroatoms. The van der Waals surface area contributed by atoms with Gasteiger partial charge in [0.25, 0.3) is 5.91 Å². The number of fused-ring (bicyclic) bond motifs is 1. The van der Waals surface area contributed by atoms with Crippen LogP contribution in [0.3, 0.4) is 0 Å². The van der Waals surface area contributed by atoms with Crippen molar-refractivity contribution >= 4 is 33.5 Å². The number of esters is 1. The fraction of sp³-hybridized carbons (Fsp3) is 0.227. The summed E-state index contributed by atoms with van der Waals surface area (Å²) in [5.74, 6) is -1.87. The fourth-order valence-corrected chi connectivity index (χ4v) is 3.81. The van der Waals surface area contributed by atoms with Gasteiger partial charge in [0.1, 0.15) is 5.82 Å². The molecule has 1 N–H and O–H groups in total. The van der Waals surface area contributed by atoms with Gasteiger partial charge in [0, 0.05) is 15.7 Å². The number of nitrogens with one attached hydrogen (secondary N) is 1. The molecule has 154 valence electrons. The van der Waals surface area contributed by atoms with E-state index >= 15 is 0 Å². The molecule has 1 aliphatic carbocycles. The van der Waals surface area contributed by atoms with E-state index in [1.165, 1.54) is 19.1 Å². The Balaban J connectivity index is 1.50. The van der Waals surface area contributed by atoms with E-state index in [2.05, 4.69) is 26.3 Å². The third-order valence-electron chi connectivity index (χ3n) is 4.97. The monoisotopic (exact) mass is 471 g/mol. The number of hydrogen-bond donors (Lipinski definition) is 1. The van der Waals surface area contributed by atoms with Crippen LogP contribution in [0.1, 0.15) is 35.1 Å². The number of amides is 1. The predicted molar refractivity (Wildman–Crippen MR) is 113 cm³/mol. The Labute approximate surface area is 181 Å². The fourth-order valence-electron chi connectivity index (χ4n) is 3.48. The quantitative estimate of drug-likeness (QED) is 0.558. The van der Waals surface area contributed by atoms with Crippen LogP contribution in [0.25, 0.3) is 5.69 Å². The average Bonchev–Trinajstić information content (AvgIpc) is 3.33. The first-order valence-corrected chi connectivity index (χ1v) is 10.4. The summed E-state index contributed by atoms with van der Waals surface area (Å²) >= 11 is 3.16. The highest BCUT2D eigenvalue weighted by Gasteiger charge is 2.30. The van der Waals surface area contributed by atoms with Crippen molar-refractivity contribution in [2.75, 3.05) is 5.32 Å². The summed E-state index contributed by atoms with van der Waals surface area (Å²) in [6, 6.07) is 13.8. The normalized spacial score (nSPS) is 13.6. The van der Waals surface area contributed by atoms with Gasteiger partial charge in [-0.3, -0.25) is 4.79 Å². The number of hydrogen-bond acceptors (Lipinski definition) is 4. The third kappa shape index (κ3) is 4.00. The lowest BCUT2D eigenvalue weighted by molar-refractivity contribution is -0.123. The molecule has 0 radical (unpaired) electrons. The minimum absolute atomic E-state index is 0.0142. The van der Waals surface area contributed by atoms with E-state index in [0.717, 1.165) is 36.2 Å². The van der Waals surface area contributed by atoms with Crippen LogP contribution in [-0.4, -0.2) is 27.8 Å². The van der Waals surface area contributed by atoms with Crippen LogP contribution in [0.5, 0.6) is 0 Å². The van der Waals surface area contributed by atoms with Crippen LogP contribution in [-0.2, 0) is 22.4 Å². The molecule has 0 spiro atoms. The number of halogens is 2. The van der Waals surface area contributed by atoms with Gasteiger partial charge in [0.05, 0.1) is 11.4 Å². The van der Waals surface area contributed by atoms with E-state index < -0.39 is 23.8 Å². The number of anilines is 1. The zero-order valence-corrected chi connectivity index (χ0v) is 17.8. The molecule has 1 aliphatic rings. The maximum Gasteiger partial charge on any atom is 0.359 e. The minimum atomic E-state index is -1.11. The molecule has 0 saturated heterocycles. The average molecular weight is 472 g/mol. The lowest BCUT2D eigenvalue weighted by Crippen LogP contribution is -2.30. The van der Waals surface area contributed by atoms with Gasteiger partial charge in [0.15, 0.2) is 11.8 Å². The first kappa shape index (κ1) is 20.3. The van der Waals surface area contributed by atoms with Crippen molar-refractivity contribution in [3.63, 3.8) is 0 Å². The second-order valence-corrected chi connectivity index (χ2v) is 7.95. The van der Waals surface area contributed by atoms with Crippen LogP contribution in [0, 0.1) is 5.82 Å². The number of rotatable bonds is 5. The summed E-state index contributed by atoms with van der Waals surface area (Å²) in [4.78, 5) is 25.2. The van der Waals surface area contributed by atoms with Gasteiger partial charge in [-0.2, -0.15) is 5.10 Å². The van der Waals surface area contributed by atoms with E-state index in [1.807, 2.05) is 30.3 Å². The van der Waals surface area contributed by atoms with Crippen molar-refractivity contribution in [3.8, 4) is 5.69 Å². The van der Waals surface area contributed by atoms with Crippen LogP contribution in [0.4, 0.5) is 10.1 Å². The molecular formula is C22H19BrFN3O3. The van der Waals surface area contributed by atoms with E-state index in [4.69, 9.17) is 4.74 Å². The van der Waals surface area contributed by atoms with Crippen molar-refractivity contribution in [2.45, 2.75) is 32.3 Å². The van der Waals surface area contributed by atoms with Crippen molar-refractivity contribution in [1.29, 1.82) is 0 Å². The van der Waals surface area contributed by atoms with Crippen LogP contribution >= 0.6 is 15.9 Å². The Hall–Kier alpha value is -3.00. The molecule has 1 aromatic heterocycles. The Morgan fingerprint density at radius 1 is 1.20 bits per heavy atom. The molecule has 1 unspecified atom stereocenters. The lowest BCUT2D eigenvalue weighted by Gasteiger charge is -2.13. The second-order valence-electron chi connectivity index (χ2n) is 7.04. The number of nitrogens with zero attached hydrogens (tertiary/aromatic N) is 2. The number of para-hydroxylation sites is 1. The number of ether oxygens (including phenoxy) is 1. The molecule has 0 fully saturated rings. The summed E-state index contributed by atoms with van der Waals surface area (Å²) in [6.45, 7) is 1.44. The number of carbonyl (C=O) groups excluding carboxylic acids is 2. The summed E-state index contributed by atoms with van der Waals surface area (Å²) in [5.41, 5.74) is 2.95. The number of benzene rings is 2. The van der Waals surface area contributed by atoms with Gasteiger partial charge in [-0.05, 0) is 56.5 Å². The van der Waals surface area contributed by atoms with Gasteiger partial charge in [-0.25, -0.2) is 13.9 Å². The topological polar surface area (TPSA) is 73.2 Å². The molecule has 0 bridgehead atoms. The van der Waals surface area contributed by atoms with E-state index in [-0.39, 0.29) is 11.4 Å². The number of aromatic nitrogens is 2. The summed E-state index contributed by atoms with van der Waals surface area (Å²) in [6.07, 6.45) is 1.37. The van der Waals surface area contributed by atoms with Gasteiger partial charge in [-0.15, -0.1) is 0 Å². The molecule has 0 aliphatic heterocycles. The largest absolute Gasteiger partial charge is 0.448 e. The first-order valence-electron chi connectivity index (χ1n) is 9.57. The molecular weight excluding hydrogens is 453 g/mol. The van der Waals surface area contributed by atoms with Gasteiger partial charge in [-0.1, -0.05) is 34.1 Å². The van der Waals surface area contributed by atoms with E-state index in [9.17, 15) is 14.0 Å². The Kier molecular flexibility index (Phi) is 5.67. The Bertz CT molecular complexity index is 1110. The molecule has 1 amide bonds. The van der Waals surface area contributed by atoms with Crippen molar-refractivity contribution < 1.29 is 18.7 Å². The molecule has 1 heterocycles.